The van der Waals surface area contributed by atoms with Crippen LogP contribution in [0, 0.1) is 0 Å². The molecule has 0 aliphatic heterocycles. The van der Waals surface area contributed by atoms with Crippen LogP contribution in [-0.2, 0) is 0 Å². The van der Waals surface area contributed by atoms with Gasteiger partial charge in [0.15, 0.2) is 0 Å². The Morgan fingerprint density at radius 2 is 1.87 bits per heavy atom. The summed E-state index contributed by atoms with van der Waals surface area (Å²) in [7, 11) is 0. The number of benzene rings is 2. The fraction of sp³-hybridized carbons (Fsp3) is 0.158. The molecule has 0 bridgehead atoms. The molecule has 0 saturated heterocycles. The summed E-state index contributed by atoms with van der Waals surface area (Å²) in [4.78, 5) is 16.1. The highest BCUT2D eigenvalue weighted by Crippen LogP contribution is 2.26. The maximum absolute atomic E-state index is 11.5. The Kier molecular flexibility index (Phi) is 4.24. The third-order valence-electron chi connectivity index (χ3n) is 3.57. The van der Waals surface area contributed by atoms with Gasteiger partial charge >= 0.3 is 5.97 Å². The summed E-state index contributed by atoms with van der Waals surface area (Å²) in [5.41, 5.74) is 2.44. The molecule has 0 amide bonds. The van der Waals surface area contributed by atoms with Gasteiger partial charge in [0, 0.05) is 10.9 Å². The van der Waals surface area contributed by atoms with Gasteiger partial charge in [0.25, 0.3) is 0 Å². The molecule has 1 heterocycles. The molecular weight excluding hydrogens is 290 g/mol. The molecular formula is C19H17NO3. The highest BCUT2D eigenvalue weighted by atomic mass is 16.5. The molecule has 1 N–H and O–H groups in total. The molecule has 4 nitrogen and oxygen atoms in total. The van der Waals surface area contributed by atoms with Crippen LogP contribution in [0.2, 0.25) is 0 Å². The summed E-state index contributed by atoms with van der Waals surface area (Å²) in [6.45, 7) is 2.73. The molecule has 1 aromatic heterocycles. The number of rotatable bonds is 5. The van der Waals surface area contributed by atoms with Crippen LogP contribution in [0.3, 0.4) is 0 Å². The number of carboxylic acids is 1. The van der Waals surface area contributed by atoms with E-state index in [0.29, 0.717) is 23.2 Å². The van der Waals surface area contributed by atoms with Crippen molar-refractivity contribution >= 4 is 16.9 Å². The van der Waals surface area contributed by atoms with E-state index in [1.165, 1.54) is 0 Å². The lowest BCUT2D eigenvalue weighted by Gasteiger charge is -2.08. The summed E-state index contributed by atoms with van der Waals surface area (Å²) in [5.74, 6) is -0.150. The van der Waals surface area contributed by atoms with Crippen molar-refractivity contribution in [1.29, 1.82) is 0 Å². The van der Waals surface area contributed by atoms with E-state index in [4.69, 9.17) is 4.74 Å². The Morgan fingerprint density at radius 1 is 1.13 bits per heavy atom. The van der Waals surface area contributed by atoms with Gasteiger partial charge in [-0.2, -0.15) is 0 Å². The Labute approximate surface area is 134 Å². The average molecular weight is 307 g/mol. The van der Waals surface area contributed by atoms with Crippen molar-refractivity contribution in [3.05, 3.63) is 60.2 Å². The van der Waals surface area contributed by atoms with Crippen molar-refractivity contribution in [3.8, 4) is 17.0 Å². The maximum atomic E-state index is 11.5. The first-order valence-corrected chi connectivity index (χ1v) is 7.55. The van der Waals surface area contributed by atoms with Crippen LogP contribution in [0.25, 0.3) is 22.2 Å². The predicted molar refractivity (Wildman–Crippen MR) is 89.9 cm³/mol. The number of ether oxygens (including phenoxy) is 1. The normalized spacial score (nSPS) is 10.7. The lowest BCUT2D eigenvalue weighted by atomic mass is 10.0. The second-order valence-corrected chi connectivity index (χ2v) is 5.25. The maximum Gasteiger partial charge on any atom is 0.336 e. The minimum absolute atomic E-state index is 0.261. The molecule has 0 fully saturated rings. The van der Waals surface area contributed by atoms with Gasteiger partial charge in [-0.15, -0.1) is 0 Å². The number of pyridine rings is 1. The fourth-order valence-corrected chi connectivity index (χ4v) is 2.44. The van der Waals surface area contributed by atoms with Crippen LogP contribution in [0.1, 0.15) is 23.7 Å². The molecule has 2 aromatic carbocycles. The smallest absolute Gasteiger partial charge is 0.336 e. The number of fused-ring (bicyclic) bond motifs is 1. The topological polar surface area (TPSA) is 59.4 Å². The summed E-state index contributed by atoms with van der Waals surface area (Å²) >= 11 is 0. The Balaban J connectivity index is 2.04. The second kappa shape index (κ2) is 6.48. The zero-order valence-corrected chi connectivity index (χ0v) is 12.8. The molecule has 3 rings (SSSR count). The summed E-state index contributed by atoms with van der Waals surface area (Å²) < 4.78 is 5.56. The van der Waals surface area contributed by atoms with Gasteiger partial charge < -0.3 is 9.84 Å². The number of carboxylic acid groups (broad SMARTS) is 1. The molecule has 4 heteroatoms. The van der Waals surface area contributed by atoms with Crippen LogP contribution < -0.4 is 4.74 Å². The second-order valence-electron chi connectivity index (χ2n) is 5.25. The van der Waals surface area contributed by atoms with E-state index in [0.717, 1.165) is 17.7 Å². The van der Waals surface area contributed by atoms with Gasteiger partial charge in [0.1, 0.15) is 5.75 Å². The highest BCUT2D eigenvalue weighted by Gasteiger charge is 2.12. The van der Waals surface area contributed by atoms with Crippen LogP contribution in [0.4, 0.5) is 0 Å². The van der Waals surface area contributed by atoms with Gasteiger partial charge in [0.2, 0.25) is 0 Å². The van der Waals surface area contributed by atoms with Gasteiger partial charge in [-0.1, -0.05) is 25.1 Å². The minimum atomic E-state index is -0.951. The van der Waals surface area contributed by atoms with Gasteiger partial charge in [-0.3, -0.25) is 0 Å². The molecule has 0 aliphatic carbocycles. The van der Waals surface area contributed by atoms with Crippen molar-refractivity contribution in [2.24, 2.45) is 0 Å². The van der Waals surface area contributed by atoms with E-state index < -0.39 is 5.97 Å². The van der Waals surface area contributed by atoms with Gasteiger partial charge in [-0.05, 0) is 42.8 Å². The Bertz CT molecular complexity index is 841. The minimum Gasteiger partial charge on any atom is -0.494 e. The zero-order valence-electron chi connectivity index (χ0n) is 12.8. The van der Waals surface area contributed by atoms with E-state index >= 15 is 0 Å². The van der Waals surface area contributed by atoms with E-state index in [9.17, 15) is 9.90 Å². The molecule has 3 aromatic rings. The summed E-state index contributed by atoms with van der Waals surface area (Å²) in [6, 6.07) is 16.4. The van der Waals surface area contributed by atoms with Crippen molar-refractivity contribution in [3.63, 3.8) is 0 Å². The number of nitrogens with zero attached hydrogens (tertiary/aromatic N) is 1. The third-order valence-corrected chi connectivity index (χ3v) is 3.57. The number of para-hydroxylation sites is 1. The van der Waals surface area contributed by atoms with E-state index in [2.05, 4.69) is 11.9 Å². The average Bonchev–Trinajstić information content (AvgIpc) is 2.59. The van der Waals surface area contributed by atoms with Gasteiger partial charge in [0.05, 0.1) is 23.4 Å². The zero-order chi connectivity index (χ0) is 16.2. The standard InChI is InChI=1S/C19H17NO3/c1-2-11-23-14-9-7-13(8-10-14)18-12-16(19(21)22)15-5-3-4-6-17(15)20-18/h3-10,12H,2,11H2,1H3,(H,21,22). The van der Waals surface area contributed by atoms with Crippen LogP contribution in [0.15, 0.2) is 54.6 Å². The van der Waals surface area contributed by atoms with Gasteiger partial charge in [-0.25, -0.2) is 9.78 Å². The van der Waals surface area contributed by atoms with Crippen LogP contribution in [-0.4, -0.2) is 22.7 Å². The molecule has 0 aliphatic rings. The number of aromatic carboxylic acids is 1. The first-order valence-electron chi connectivity index (χ1n) is 7.55. The summed E-state index contributed by atoms with van der Waals surface area (Å²) in [5, 5.41) is 10.1. The Morgan fingerprint density at radius 3 is 2.57 bits per heavy atom. The molecule has 0 atom stereocenters. The molecule has 23 heavy (non-hydrogen) atoms. The van der Waals surface area contributed by atoms with Crippen molar-refractivity contribution < 1.29 is 14.6 Å². The monoisotopic (exact) mass is 307 g/mol. The molecule has 0 unspecified atom stereocenters. The largest absolute Gasteiger partial charge is 0.494 e. The number of hydrogen-bond donors (Lipinski definition) is 1. The SMILES string of the molecule is CCCOc1ccc(-c2cc(C(=O)O)c3ccccc3n2)cc1. The quantitative estimate of drug-likeness (QED) is 0.759. The van der Waals surface area contributed by atoms with Crippen LogP contribution >= 0.6 is 0 Å². The lowest BCUT2D eigenvalue weighted by molar-refractivity contribution is 0.0699. The van der Waals surface area contributed by atoms with E-state index in [1.807, 2.05) is 42.5 Å². The van der Waals surface area contributed by atoms with Crippen LogP contribution in [0.5, 0.6) is 5.75 Å². The number of carbonyl (C=O) groups is 1. The van der Waals surface area contributed by atoms with Crippen molar-refractivity contribution in [2.45, 2.75) is 13.3 Å². The molecule has 0 radical (unpaired) electrons. The molecule has 0 spiro atoms. The highest BCUT2D eigenvalue weighted by molar-refractivity contribution is 6.03. The fourth-order valence-electron chi connectivity index (χ4n) is 2.44. The first kappa shape index (κ1) is 15.0. The third kappa shape index (κ3) is 3.16. The number of hydrogen-bond acceptors (Lipinski definition) is 3. The summed E-state index contributed by atoms with van der Waals surface area (Å²) in [6.07, 6.45) is 0.954. The molecule has 116 valence electrons. The molecule has 0 saturated carbocycles. The van der Waals surface area contributed by atoms with E-state index in [1.54, 1.807) is 12.1 Å². The predicted octanol–water partition coefficient (Wildman–Crippen LogP) is 4.39. The van der Waals surface area contributed by atoms with Crippen molar-refractivity contribution in [1.82, 2.24) is 4.98 Å². The first-order chi connectivity index (χ1) is 11.2. The van der Waals surface area contributed by atoms with Crippen molar-refractivity contribution in [2.75, 3.05) is 6.61 Å². The Hall–Kier alpha value is -2.88. The number of aromatic nitrogens is 1. The van der Waals surface area contributed by atoms with E-state index in [-0.39, 0.29) is 5.56 Å². The lowest BCUT2D eigenvalue weighted by Crippen LogP contribution is -2.00.